The number of aromatic amines is 1. The third-order valence-electron chi connectivity index (χ3n) is 2.83. The van der Waals surface area contributed by atoms with Crippen molar-refractivity contribution in [2.45, 2.75) is 24.4 Å². The second kappa shape index (κ2) is 7.23. The summed E-state index contributed by atoms with van der Waals surface area (Å²) in [6.07, 6.45) is -6.51. The summed E-state index contributed by atoms with van der Waals surface area (Å²) in [4.78, 5) is 32.9. The molecule has 1 aromatic heterocycles. The molecular weight excluding hydrogens is 339 g/mol. The van der Waals surface area contributed by atoms with Crippen LogP contribution in [-0.2, 0) is 9.30 Å². The number of carbonyl (C=O) groups is 1. The molecule has 23 heavy (non-hydrogen) atoms. The predicted octanol–water partition coefficient (Wildman–Crippen LogP) is -3.43. The highest BCUT2D eigenvalue weighted by molar-refractivity contribution is 7.60. The number of aromatic nitrogens is 2. The smallest absolute Gasteiger partial charge is 0.402 e. The standard InChI is InChI=1S/C8H14N3O7P.CH3NO2/c9-8-10-3(7(11-8)19(15,16)17)6-5(14)4(13)2(1-12)18-6;2-1(3)4/h2,4-6,12-14H,1H2,(H3,9,10,11)(H2,15,16,17);2H2,(H,3,4)/t2-,4-,5-,6?;/m1./s1. The van der Waals surface area contributed by atoms with Gasteiger partial charge in [0.05, 0.1) is 12.3 Å². The molecule has 1 aliphatic rings. The van der Waals surface area contributed by atoms with E-state index in [9.17, 15) is 14.8 Å². The molecule has 2 heterocycles. The van der Waals surface area contributed by atoms with Crippen molar-refractivity contribution in [3.8, 4) is 0 Å². The molecule has 1 aliphatic heterocycles. The van der Waals surface area contributed by atoms with E-state index < -0.39 is 50.1 Å². The maximum Gasteiger partial charge on any atom is 0.402 e. The molecule has 2 rings (SSSR count). The van der Waals surface area contributed by atoms with Crippen LogP contribution in [0.25, 0.3) is 0 Å². The molecule has 0 radical (unpaired) electrons. The van der Waals surface area contributed by atoms with Crippen molar-refractivity contribution in [2.75, 3.05) is 12.3 Å². The molecule has 1 aromatic rings. The average molecular weight is 356 g/mol. The number of anilines is 1. The molecule has 11 N–H and O–H groups in total. The Kier molecular flexibility index (Phi) is 6.07. The first kappa shape index (κ1) is 19.3. The van der Waals surface area contributed by atoms with E-state index in [2.05, 4.69) is 15.7 Å². The number of nitrogens with one attached hydrogen (secondary N) is 1. The van der Waals surface area contributed by atoms with Gasteiger partial charge in [0.2, 0.25) is 0 Å². The Labute approximate surface area is 128 Å². The first-order valence-corrected chi connectivity index (χ1v) is 7.62. The highest BCUT2D eigenvalue weighted by atomic mass is 31.2. The molecule has 1 saturated heterocycles. The summed E-state index contributed by atoms with van der Waals surface area (Å²) in [5.74, 6) is -0.258. The zero-order chi connectivity index (χ0) is 17.9. The van der Waals surface area contributed by atoms with Gasteiger partial charge >= 0.3 is 13.7 Å². The Hall–Kier alpha value is -1.73. The van der Waals surface area contributed by atoms with Gasteiger partial charge < -0.3 is 51.4 Å². The number of ether oxygens (including phenoxy) is 1. The van der Waals surface area contributed by atoms with E-state index in [-0.39, 0.29) is 11.6 Å². The maximum atomic E-state index is 11.3. The minimum Gasteiger partial charge on any atom is -0.465 e. The van der Waals surface area contributed by atoms with Gasteiger partial charge in [-0.05, 0) is 0 Å². The Bertz CT molecular complexity index is 598. The molecule has 13 nitrogen and oxygen atoms in total. The summed E-state index contributed by atoms with van der Waals surface area (Å²) in [6.45, 7) is -0.552. The number of H-pyrrole nitrogens is 1. The number of nitrogens with two attached hydrogens (primary N) is 2. The molecule has 0 aliphatic carbocycles. The van der Waals surface area contributed by atoms with Crippen LogP contribution < -0.4 is 16.9 Å². The van der Waals surface area contributed by atoms with Crippen LogP contribution in [0.5, 0.6) is 0 Å². The van der Waals surface area contributed by atoms with E-state index in [1.165, 1.54) is 0 Å². The van der Waals surface area contributed by atoms with E-state index in [0.29, 0.717) is 0 Å². The van der Waals surface area contributed by atoms with Crippen molar-refractivity contribution in [3.63, 3.8) is 0 Å². The number of nitrogen functional groups attached to an aromatic ring is 1. The van der Waals surface area contributed by atoms with Crippen molar-refractivity contribution in [1.82, 2.24) is 9.97 Å². The zero-order valence-electron chi connectivity index (χ0n) is 11.5. The molecular formula is C9H17N4O9P. The fraction of sp³-hybridized carbons (Fsp3) is 0.556. The van der Waals surface area contributed by atoms with Gasteiger partial charge in [-0.15, -0.1) is 0 Å². The van der Waals surface area contributed by atoms with Crippen LogP contribution in [-0.4, -0.2) is 71.2 Å². The number of hydrogen-bond donors (Lipinski definition) is 9. The van der Waals surface area contributed by atoms with Gasteiger partial charge in [0.1, 0.15) is 24.4 Å². The maximum absolute atomic E-state index is 11.3. The fourth-order valence-corrected chi connectivity index (χ4v) is 2.69. The Balaban J connectivity index is 0.000000593. The normalized spacial score (nSPS) is 27.3. The summed E-state index contributed by atoms with van der Waals surface area (Å²) in [7, 11) is -4.72. The lowest BCUT2D eigenvalue weighted by Gasteiger charge is -2.14. The minimum absolute atomic E-state index is 0.215. The van der Waals surface area contributed by atoms with Gasteiger partial charge in [-0.25, -0.2) is 9.78 Å². The molecule has 0 saturated carbocycles. The van der Waals surface area contributed by atoms with Crippen molar-refractivity contribution in [2.24, 2.45) is 5.73 Å². The number of primary amides is 1. The number of rotatable bonds is 3. The van der Waals surface area contributed by atoms with Crippen LogP contribution in [0, 0.1) is 0 Å². The van der Waals surface area contributed by atoms with Crippen molar-refractivity contribution in [3.05, 3.63) is 5.69 Å². The SMILES string of the molecule is NC(=O)O.Nc1nc(P(=O)(O)O)c(C2O[C@H](CO)[C@@H](O)[C@H]2O)[nH]1. The Morgan fingerprint density at radius 1 is 1.35 bits per heavy atom. The number of amides is 1. The molecule has 1 fully saturated rings. The summed E-state index contributed by atoms with van der Waals surface area (Å²) in [5.41, 5.74) is 8.49. The molecule has 1 unspecified atom stereocenters. The largest absolute Gasteiger partial charge is 0.465 e. The van der Waals surface area contributed by atoms with Gasteiger partial charge in [-0.2, -0.15) is 0 Å². The molecule has 14 heteroatoms. The zero-order valence-corrected chi connectivity index (χ0v) is 12.4. The highest BCUT2D eigenvalue weighted by Gasteiger charge is 2.46. The third-order valence-corrected chi connectivity index (χ3v) is 3.73. The second-order valence-corrected chi connectivity index (χ2v) is 6.01. The number of aliphatic hydroxyl groups excluding tert-OH is 3. The topological polar surface area (TPSA) is 245 Å². The lowest BCUT2D eigenvalue weighted by Crippen LogP contribution is -2.33. The van der Waals surface area contributed by atoms with Gasteiger partial charge in [0, 0.05) is 0 Å². The van der Waals surface area contributed by atoms with Crippen LogP contribution >= 0.6 is 7.60 Å². The summed E-state index contributed by atoms with van der Waals surface area (Å²) >= 11 is 0. The first-order chi connectivity index (χ1) is 10.5. The lowest BCUT2D eigenvalue weighted by atomic mass is 10.1. The van der Waals surface area contributed by atoms with Crippen LogP contribution in [0.4, 0.5) is 10.7 Å². The van der Waals surface area contributed by atoms with Gasteiger partial charge in [-0.3, -0.25) is 4.57 Å². The fourth-order valence-electron chi connectivity index (χ4n) is 1.95. The van der Waals surface area contributed by atoms with Gasteiger partial charge in [-0.1, -0.05) is 0 Å². The predicted molar refractivity (Wildman–Crippen MR) is 73.6 cm³/mol. The van der Waals surface area contributed by atoms with E-state index in [4.69, 9.17) is 35.3 Å². The Morgan fingerprint density at radius 3 is 2.26 bits per heavy atom. The average Bonchev–Trinajstić information content (AvgIpc) is 2.91. The summed E-state index contributed by atoms with van der Waals surface area (Å²) in [6, 6.07) is 0. The molecule has 4 atom stereocenters. The van der Waals surface area contributed by atoms with Crippen LogP contribution in [0.15, 0.2) is 0 Å². The number of aliphatic hydroxyl groups is 3. The second-order valence-electron chi connectivity index (χ2n) is 4.50. The monoisotopic (exact) mass is 356 g/mol. The highest BCUT2D eigenvalue weighted by Crippen LogP contribution is 2.39. The van der Waals surface area contributed by atoms with Crippen molar-refractivity contribution >= 4 is 25.1 Å². The quantitative estimate of drug-likeness (QED) is 0.241. The van der Waals surface area contributed by atoms with Crippen molar-refractivity contribution < 1.29 is 44.3 Å². The number of carboxylic acid groups (broad SMARTS) is 1. The number of nitrogens with zero attached hydrogens (tertiary/aromatic N) is 1. The third kappa shape index (κ3) is 4.62. The van der Waals surface area contributed by atoms with Gasteiger partial charge in [0.25, 0.3) is 0 Å². The number of hydrogen-bond acceptors (Lipinski definition) is 8. The molecule has 0 spiro atoms. The number of imidazole rings is 1. The summed E-state index contributed by atoms with van der Waals surface area (Å²) in [5, 5.41) is 35.5. The lowest BCUT2D eigenvalue weighted by molar-refractivity contribution is -0.0235. The molecule has 132 valence electrons. The van der Waals surface area contributed by atoms with E-state index in [1.54, 1.807) is 0 Å². The van der Waals surface area contributed by atoms with Gasteiger partial charge in [0.15, 0.2) is 11.4 Å². The van der Waals surface area contributed by atoms with E-state index in [1.807, 2.05) is 0 Å². The molecule has 1 amide bonds. The molecule has 0 aromatic carbocycles. The summed E-state index contributed by atoms with van der Waals surface area (Å²) < 4.78 is 16.4. The first-order valence-electron chi connectivity index (χ1n) is 6.01. The molecule has 0 bridgehead atoms. The van der Waals surface area contributed by atoms with E-state index >= 15 is 0 Å². The Morgan fingerprint density at radius 2 is 1.87 bits per heavy atom. The van der Waals surface area contributed by atoms with Crippen LogP contribution in [0.1, 0.15) is 11.8 Å². The van der Waals surface area contributed by atoms with Crippen LogP contribution in [0.2, 0.25) is 0 Å². The minimum atomic E-state index is -4.72. The van der Waals surface area contributed by atoms with E-state index in [0.717, 1.165) is 0 Å². The van der Waals surface area contributed by atoms with Crippen LogP contribution in [0.3, 0.4) is 0 Å². The van der Waals surface area contributed by atoms with Crippen molar-refractivity contribution in [1.29, 1.82) is 0 Å².